The number of morpholine rings is 1. The Balaban J connectivity index is 2.36. The topological polar surface area (TPSA) is 55.6 Å². The normalized spacial score (nSPS) is 20.0. The first-order valence-electron chi connectivity index (χ1n) is 4.87. The number of hydrogen-bond acceptors (Lipinski definition) is 3. The zero-order chi connectivity index (χ0) is 9.68. The molecule has 1 fully saturated rings. The number of hydrogen-bond donors (Lipinski definition) is 1. The highest BCUT2D eigenvalue weighted by Gasteiger charge is 2.21. The summed E-state index contributed by atoms with van der Waals surface area (Å²) in [6.07, 6.45) is 1.73. The van der Waals surface area contributed by atoms with E-state index in [1.807, 2.05) is 6.92 Å². The second-order valence-corrected chi connectivity index (χ2v) is 3.33. The number of carbonyl (C=O) groups excluding carboxylic acids is 1. The Morgan fingerprint density at radius 1 is 1.54 bits per heavy atom. The van der Waals surface area contributed by atoms with Crippen LogP contribution in [0.1, 0.15) is 19.8 Å². The van der Waals surface area contributed by atoms with E-state index in [0.29, 0.717) is 26.3 Å². The van der Waals surface area contributed by atoms with E-state index < -0.39 is 0 Å². The molecule has 0 aliphatic carbocycles. The molecule has 0 saturated carbocycles. The summed E-state index contributed by atoms with van der Waals surface area (Å²) >= 11 is 0. The third-order valence-electron chi connectivity index (χ3n) is 2.24. The molecule has 0 aromatic rings. The third kappa shape index (κ3) is 2.97. The Hall–Kier alpha value is -0.610. The van der Waals surface area contributed by atoms with Gasteiger partial charge in [-0.2, -0.15) is 0 Å². The molecular weight excluding hydrogens is 168 g/mol. The van der Waals surface area contributed by atoms with Crippen molar-refractivity contribution in [3.05, 3.63) is 0 Å². The molecule has 1 atom stereocenters. The van der Waals surface area contributed by atoms with Gasteiger partial charge in [0.2, 0.25) is 5.91 Å². The Labute approximate surface area is 79.0 Å². The first-order chi connectivity index (χ1) is 6.25. The van der Waals surface area contributed by atoms with E-state index in [-0.39, 0.29) is 11.9 Å². The Kier molecular flexibility index (Phi) is 4.18. The van der Waals surface area contributed by atoms with Gasteiger partial charge in [0.15, 0.2) is 0 Å². The average molecular weight is 186 g/mol. The van der Waals surface area contributed by atoms with Crippen LogP contribution in [-0.2, 0) is 9.53 Å². The van der Waals surface area contributed by atoms with Crippen LogP contribution >= 0.6 is 0 Å². The predicted molar refractivity (Wildman–Crippen MR) is 50.3 cm³/mol. The molecule has 0 unspecified atom stereocenters. The number of carbonyl (C=O) groups is 1. The minimum Gasteiger partial charge on any atom is -0.378 e. The maximum atomic E-state index is 11.6. The number of nitrogens with two attached hydrogens (primary N) is 1. The zero-order valence-electron chi connectivity index (χ0n) is 8.16. The van der Waals surface area contributed by atoms with E-state index >= 15 is 0 Å². The molecule has 0 aromatic heterocycles. The molecule has 2 N–H and O–H groups in total. The summed E-state index contributed by atoms with van der Waals surface area (Å²) in [6, 6.07) is -0.317. The van der Waals surface area contributed by atoms with Crippen molar-refractivity contribution < 1.29 is 9.53 Å². The van der Waals surface area contributed by atoms with Crippen molar-refractivity contribution >= 4 is 5.91 Å². The van der Waals surface area contributed by atoms with Gasteiger partial charge in [-0.05, 0) is 6.42 Å². The highest BCUT2D eigenvalue weighted by Crippen LogP contribution is 2.03. The van der Waals surface area contributed by atoms with Gasteiger partial charge in [0, 0.05) is 13.1 Å². The fraction of sp³-hybridized carbons (Fsp3) is 0.889. The lowest BCUT2D eigenvalue weighted by Gasteiger charge is -2.29. The van der Waals surface area contributed by atoms with Crippen LogP contribution in [0.5, 0.6) is 0 Å². The number of nitrogens with zero attached hydrogens (tertiary/aromatic N) is 1. The molecular formula is C9H18N2O2. The molecule has 1 heterocycles. The molecule has 1 aliphatic rings. The van der Waals surface area contributed by atoms with Crippen LogP contribution in [0.2, 0.25) is 0 Å². The molecule has 0 aromatic carbocycles. The fourth-order valence-corrected chi connectivity index (χ4v) is 1.45. The summed E-state index contributed by atoms with van der Waals surface area (Å²) in [5, 5.41) is 0. The van der Waals surface area contributed by atoms with E-state index in [0.717, 1.165) is 12.8 Å². The summed E-state index contributed by atoms with van der Waals surface area (Å²) in [5.74, 6) is 0.0742. The van der Waals surface area contributed by atoms with Gasteiger partial charge in [0.05, 0.1) is 19.3 Å². The lowest BCUT2D eigenvalue weighted by atomic mass is 10.1. The summed E-state index contributed by atoms with van der Waals surface area (Å²) in [6.45, 7) is 4.70. The monoisotopic (exact) mass is 186 g/mol. The van der Waals surface area contributed by atoms with Crippen LogP contribution < -0.4 is 5.73 Å². The van der Waals surface area contributed by atoms with Crippen molar-refractivity contribution in [2.75, 3.05) is 26.3 Å². The Morgan fingerprint density at radius 2 is 2.15 bits per heavy atom. The predicted octanol–water partition coefficient (Wildman–Crippen LogP) is -0.0274. The molecule has 1 aliphatic heterocycles. The number of rotatable bonds is 3. The quantitative estimate of drug-likeness (QED) is 0.673. The van der Waals surface area contributed by atoms with Gasteiger partial charge in [-0.1, -0.05) is 13.3 Å². The van der Waals surface area contributed by atoms with E-state index in [1.165, 1.54) is 0 Å². The van der Waals surface area contributed by atoms with E-state index in [1.54, 1.807) is 4.90 Å². The van der Waals surface area contributed by atoms with Crippen LogP contribution in [0.15, 0.2) is 0 Å². The molecule has 1 amide bonds. The van der Waals surface area contributed by atoms with Crippen molar-refractivity contribution in [3.8, 4) is 0 Å². The van der Waals surface area contributed by atoms with Gasteiger partial charge in [-0.3, -0.25) is 4.79 Å². The number of ether oxygens (including phenoxy) is 1. The summed E-state index contributed by atoms with van der Waals surface area (Å²) in [7, 11) is 0. The summed E-state index contributed by atoms with van der Waals surface area (Å²) < 4.78 is 5.15. The van der Waals surface area contributed by atoms with E-state index in [4.69, 9.17) is 10.5 Å². The molecule has 1 saturated heterocycles. The molecule has 76 valence electrons. The fourth-order valence-electron chi connectivity index (χ4n) is 1.45. The number of amides is 1. The highest BCUT2D eigenvalue weighted by atomic mass is 16.5. The van der Waals surface area contributed by atoms with E-state index in [9.17, 15) is 4.79 Å². The zero-order valence-corrected chi connectivity index (χ0v) is 8.16. The van der Waals surface area contributed by atoms with Gasteiger partial charge in [-0.25, -0.2) is 0 Å². The minimum atomic E-state index is -0.317. The maximum Gasteiger partial charge on any atom is 0.239 e. The first kappa shape index (κ1) is 10.5. The third-order valence-corrected chi connectivity index (χ3v) is 2.24. The van der Waals surface area contributed by atoms with Gasteiger partial charge in [0.25, 0.3) is 0 Å². The van der Waals surface area contributed by atoms with Crippen molar-refractivity contribution in [1.29, 1.82) is 0 Å². The Bertz CT molecular complexity index is 167. The van der Waals surface area contributed by atoms with Crippen molar-refractivity contribution in [1.82, 2.24) is 4.90 Å². The molecule has 0 bridgehead atoms. The summed E-state index contributed by atoms with van der Waals surface area (Å²) in [5.41, 5.74) is 5.73. The van der Waals surface area contributed by atoms with Crippen LogP contribution in [0.3, 0.4) is 0 Å². The standard InChI is InChI=1S/C9H18N2O2/c1-2-3-8(10)9(12)11-4-6-13-7-5-11/h8H,2-7,10H2,1H3/t8-/m0/s1. The molecule has 0 spiro atoms. The largest absolute Gasteiger partial charge is 0.378 e. The smallest absolute Gasteiger partial charge is 0.239 e. The van der Waals surface area contributed by atoms with Crippen LogP contribution in [0.4, 0.5) is 0 Å². The van der Waals surface area contributed by atoms with Gasteiger partial charge >= 0.3 is 0 Å². The first-order valence-corrected chi connectivity index (χ1v) is 4.87. The molecule has 0 radical (unpaired) electrons. The van der Waals surface area contributed by atoms with Crippen LogP contribution in [0.25, 0.3) is 0 Å². The maximum absolute atomic E-state index is 11.6. The molecule has 4 nitrogen and oxygen atoms in total. The average Bonchev–Trinajstić information content (AvgIpc) is 2.18. The lowest BCUT2D eigenvalue weighted by molar-refractivity contribution is -0.136. The highest BCUT2D eigenvalue weighted by molar-refractivity contribution is 5.81. The molecule has 1 rings (SSSR count). The van der Waals surface area contributed by atoms with Gasteiger partial charge in [0.1, 0.15) is 0 Å². The lowest BCUT2D eigenvalue weighted by Crippen LogP contribution is -2.48. The van der Waals surface area contributed by atoms with E-state index in [2.05, 4.69) is 0 Å². The minimum absolute atomic E-state index is 0.0742. The van der Waals surface area contributed by atoms with Crippen molar-refractivity contribution in [3.63, 3.8) is 0 Å². The summed E-state index contributed by atoms with van der Waals surface area (Å²) in [4.78, 5) is 13.4. The van der Waals surface area contributed by atoms with Gasteiger partial charge in [-0.15, -0.1) is 0 Å². The van der Waals surface area contributed by atoms with Gasteiger partial charge < -0.3 is 15.4 Å². The van der Waals surface area contributed by atoms with Crippen molar-refractivity contribution in [2.45, 2.75) is 25.8 Å². The molecule has 13 heavy (non-hydrogen) atoms. The Morgan fingerprint density at radius 3 is 2.69 bits per heavy atom. The van der Waals surface area contributed by atoms with Crippen molar-refractivity contribution in [2.24, 2.45) is 5.73 Å². The molecule has 4 heteroatoms. The van der Waals surface area contributed by atoms with Crippen LogP contribution in [-0.4, -0.2) is 43.2 Å². The second kappa shape index (κ2) is 5.19. The van der Waals surface area contributed by atoms with Crippen LogP contribution in [0, 0.1) is 0 Å². The SMILES string of the molecule is CCC[C@H](N)C(=O)N1CCOCC1. The second-order valence-electron chi connectivity index (χ2n) is 3.33.